The third-order valence-electron chi connectivity index (χ3n) is 4.49. The summed E-state index contributed by atoms with van der Waals surface area (Å²) in [5.74, 6) is 0.178. The number of carbonyl (C=O) groups excluding carboxylic acids is 1. The number of hydrogen-bond donors (Lipinski definition) is 2. The molecule has 1 heterocycles. The number of phenolic OH excluding ortho intramolecular Hbond substituents is 1. The van der Waals surface area contributed by atoms with Crippen molar-refractivity contribution < 1.29 is 19.1 Å². The van der Waals surface area contributed by atoms with E-state index in [0.29, 0.717) is 28.3 Å². The van der Waals surface area contributed by atoms with Crippen molar-refractivity contribution in [3.8, 4) is 11.5 Å². The van der Waals surface area contributed by atoms with Crippen molar-refractivity contribution in [1.82, 2.24) is 0 Å². The first-order chi connectivity index (χ1) is 14.9. The van der Waals surface area contributed by atoms with Gasteiger partial charge in [-0.15, -0.1) is 0 Å². The molecule has 0 aliphatic heterocycles. The molecule has 8 heteroatoms. The van der Waals surface area contributed by atoms with E-state index in [-0.39, 0.29) is 22.4 Å². The van der Waals surface area contributed by atoms with Crippen LogP contribution in [0.1, 0.15) is 16.1 Å². The van der Waals surface area contributed by atoms with E-state index >= 15 is 0 Å². The molecule has 0 bridgehead atoms. The number of ether oxygens (including phenoxy) is 1. The Morgan fingerprint density at radius 3 is 2.77 bits per heavy atom. The minimum absolute atomic E-state index is 0.0599. The smallest absolute Gasteiger partial charge is 0.291 e. The largest absolute Gasteiger partial charge is 0.506 e. The van der Waals surface area contributed by atoms with E-state index in [1.54, 1.807) is 42.5 Å². The molecule has 0 spiro atoms. The monoisotopic (exact) mass is 498 g/mol. The quantitative estimate of drug-likeness (QED) is 0.304. The minimum Gasteiger partial charge on any atom is -0.506 e. The van der Waals surface area contributed by atoms with Crippen molar-refractivity contribution in [1.29, 1.82) is 0 Å². The number of benzene rings is 3. The number of nitrogens with one attached hydrogen (secondary N) is 1. The Labute approximate surface area is 191 Å². The van der Waals surface area contributed by atoms with Crippen LogP contribution >= 0.6 is 27.5 Å². The summed E-state index contributed by atoms with van der Waals surface area (Å²) in [6, 6.07) is 17.4. The van der Waals surface area contributed by atoms with Crippen LogP contribution in [0.3, 0.4) is 0 Å². The molecule has 0 saturated carbocycles. The summed E-state index contributed by atoms with van der Waals surface area (Å²) >= 11 is 9.32. The number of aliphatic imine (C=N–C) groups is 1. The van der Waals surface area contributed by atoms with E-state index in [0.717, 1.165) is 9.86 Å². The normalized spacial score (nSPS) is 11.2. The lowest BCUT2D eigenvalue weighted by molar-refractivity contribution is 0.0998. The first kappa shape index (κ1) is 21.0. The minimum atomic E-state index is -0.389. The van der Waals surface area contributed by atoms with Crippen LogP contribution in [-0.4, -0.2) is 24.3 Å². The number of phenols is 1. The summed E-state index contributed by atoms with van der Waals surface area (Å²) in [5, 5.41) is 13.9. The number of rotatable bonds is 5. The van der Waals surface area contributed by atoms with E-state index in [4.69, 9.17) is 20.8 Å². The highest BCUT2D eigenvalue weighted by molar-refractivity contribution is 9.10. The van der Waals surface area contributed by atoms with Crippen molar-refractivity contribution in [2.75, 3.05) is 12.4 Å². The molecule has 0 unspecified atom stereocenters. The van der Waals surface area contributed by atoms with Crippen molar-refractivity contribution in [3.63, 3.8) is 0 Å². The topological polar surface area (TPSA) is 84.1 Å². The van der Waals surface area contributed by atoms with Gasteiger partial charge in [-0.3, -0.25) is 9.79 Å². The second kappa shape index (κ2) is 8.83. The van der Waals surface area contributed by atoms with Gasteiger partial charge in [0, 0.05) is 27.7 Å². The number of furan rings is 1. The summed E-state index contributed by atoms with van der Waals surface area (Å²) in [6.07, 6.45) is 1.49. The maximum absolute atomic E-state index is 12.6. The number of amides is 1. The molecule has 0 saturated heterocycles. The maximum atomic E-state index is 12.6. The maximum Gasteiger partial charge on any atom is 0.291 e. The van der Waals surface area contributed by atoms with Gasteiger partial charge >= 0.3 is 0 Å². The predicted molar refractivity (Wildman–Crippen MR) is 125 cm³/mol. The molecule has 1 aromatic heterocycles. The molecule has 31 heavy (non-hydrogen) atoms. The molecule has 0 radical (unpaired) electrons. The molecule has 6 nitrogen and oxygen atoms in total. The number of carbonyl (C=O) groups is 1. The Morgan fingerprint density at radius 2 is 2.00 bits per heavy atom. The average molecular weight is 500 g/mol. The third-order valence-corrected chi connectivity index (χ3v) is 5.24. The van der Waals surface area contributed by atoms with E-state index in [2.05, 4.69) is 26.2 Å². The summed E-state index contributed by atoms with van der Waals surface area (Å²) in [5.41, 5.74) is 2.13. The zero-order valence-corrected chi connectivity index (χ0v) is 18.6. The molecule has 0 fully saturated rings. The number of anilines is 1. The van der Waals surface area contributed by atoms with Gasteiger partial charge in [0.05, 0.1) is 23.5 Å². The van der Waals surface area contributed by atoms with Gasteiger partial charge in [-0.25, -0.2) is 0 Å². The van der Waals surface area contributed by atoms with Crippen LogP contribution in [0, 0.1) is 0 Å². The summed E-state index contributed by atoms with van der Waals surface area (Å²) < 4.78 is 11.7. The van der Waals surface area contributed by atoms with Gasteiger partial charge in [-0.1, -0.05) is 45.7 Å². The zero-order valence-electron chi connectivity index (χ0n) is 16.2. The molecule has 3 aromatic carbocycles. The SMILES string of the molecule is COc1cc(N=Cc2cc(Br)cc(Cl)c2O)ccc1NC(=O)c1cc2ccccc2o1. The molecule has 156 valence electrons. The van der Waals surface area contributed by atoms with Crippen LogP contribution in [0.5, 0.6) is 11.5 Å². The number of aromatic hydroxyl groups is 1. The van der Waals surface area contributed by atoms with E-state index in [9.17, 15) is 9.90 Å². The molecule has 1 amide bonds. The van der Waals surface area contributed by atoms with Crippen LogP contribution in [0.15, 0.2) is 74.5 Å². The third kappa shape index (κ3) is 4.57. The fourth-order valence-corrected chi connectivity index (χ4v) is 3.80. The van der Waals surface area contributed by atoms with Gasteiger partial charge in [0.15, 0.2) is 5.76 Å². The number of nitrogens with zero attached hydrogens (tertiary/aromatic N) is 1. The number of halogens is 2. The lowest BCUT2D eigenvalue weighted by atomic mass is 10.2. The molecular weight excluding hydrogens is 484 g/mol. The molecule has 4 rings (SSSR count). The summed E-state index contributed by atoms with van der Waals surface area (Å²) in [7, 11) is 1.50. The van der Waals surface area contributed by atoms with E-state index in [1.165, 1.54) is 13.3 Å². The number of methoxy groups -OCH3 is 1. The molecular formula is C23H16BrClN2O4. The zero-order chi connectivity index (χ0) is 22.0. The molecule has 4 aromatic rings. The van der Waals surface area contributed by atoms with Crippen LogP contribution < -0.4 is 10.1 Å². The van der Waals surface area contributed by atoms with Crippen molar-refractivity contribution in [3.05, 3.63) is 81.5 Å². The lowest BCUT2D eigenvalue weighted by Crippen LogP contribution is -2.11. The first-order valence-corrected chi connectivity index (χ1v) is 10.3. The molecule has 2 N–H and O–H groups in total. The Hall–Kier alpha value is -3.29. The van der Waals surface area contributed by atoms with Gasteiger partial charge in [-0.05, 0) is 36.4 Å². The Balaban J connectivity index is 1.56. The fourth-order valence-electron chi connectivity index (χ4n) is 2.97. The highest BCUT2D eigenvalue weighted by Crippen LogP contribution is 2.32. The van der Waals surface area contributed by atoms with Gasteiger partial charge in [0.2, 0.25) is 0 Å². The highest BCUT2D eigenvalue weighted by Gasteiger charge is 2.15. The van der Waals surface area contributed by atoms with E-state index < -0.39 is 0 Å². The fraction of sp³-hybridized carbons (Fsp3) is 0.0435. The lowest BCUT2D eigenvalue weighted by Gasteiger charge is -2.10. The van der Waals surface area contributed by atoms with Crippen molar-refractivity contribution in [2.24, 2.45) is 4.99 Å². The van der Waals surface area contributed by atoms with Crippen LogP contribution in [0.4, 0.5) is 11.4 Å². The second-order valence-electron chi connectivity index (χ2n) is 6.57. The van der Waals surface area contributed by atoms with E-state index in [1.807, 2.05) is 18.2 Å². The average Bonchev–Trinajstić information content (AvgIpc) is 3.20. The Kier molecular flexibility index (Phi) is 5.97. The first-order valence-electron chi connectivity index (χ1n) is 9.14. The van der Waals surface area contributed by atoms with Crippen LogP contribution in [-0.2, 0) is 0 Å². The molecule has 0 atom stereocenters. The van der Waals surface area contributed by atoms with Crippen molar-refractivity contribution >= 4 is 62.0 Å². The molecule has 0 aliphatic carbocycles. The summed E-state index contributed by atoms with van der Waals surface area (Å²) in [4.78, 5) is 17.0. The van der Waals surface area contributed by atoms with Gasteiger partial charge in [0.25, 0.3) is 5.91 Å². The number of hydrogen-bond acceptors (Lipinski definition) is 5. The van der Waals surface area contributed by atoms with Crippen molar-refractivity contribution in [2.45, 2.75) is 0 Å². The van der Waals surface area contributed by atoms with Gasteiger partial charge < -0.3 is 19.6 Å². The Morgan fingerprint density at radius 1 is 1.19 bits per heavy atom. The standard InChI is InChI=1S/C23H16BrClN2O4/c1-30-20-11-16(26-12-14-8-15(24)10-17(25)22(14)28)6-7-18(20)27-23(29)21-9-13-4-2-3-5-19(13)31-21/h2-12,28H,1H3,(H,27,29). The second-order valence-corrected chi connectivity index (χ2v) is 7.89. The highest BCUT2D eigenvalue weighted by atomic mass is 79.9. The predicted octanol–water partition coefficient (Wildman–Crippen LogP) is 6.57. The number of fused-ring (bicyclic) bond motifs is 1. The summed E-state index contributed by atoms with van der Waals surface area (Å²) in [6.45, 7) is 0. The van der Waals surface area contributed by atoms with Gasteiger partial charge in [0.1, 0.15) is 17.1 Å². The van der Waals surface area contributed by atoms with Crippen LogP contribution in [0.2, 0.25) is 5.02 Å². The van der Waals surface area contributed by atoms with Crippen LogP contribution in [0.25, 0.3) is 11.0 Å². The number of para-hydroxylation sites is 1. The Bertz CT molecular complexity index is 1280. The van der Waals surface area contributed by atoms with Gasteiger partial charge in [-0.2, -0.15) is 0 Å². The molecule has 0 aliphatic rings.